The standard InChI is InChI=1S/C19H27N7O/c1-12-13(2)23-17(19(27)20-3)24-18(12)25-8-6-15(11-25)21-9-14-10-22-26-7-4-5-16(14)26/h10,15,21H,4-9,11H2,1-3H3,(H,20,27)/t15-/m1/s1. The predicted molar refractivity (Wildman–Crippen MR) is 103 cm³/mol. The lowest BCUT2D eigenvalue weighted by atomic mass is 10.2. The quantitative estimate of drug-likeness (QED) is 0.816. The molecule has 0 aromatic carbocycles. The SMILES string of the molecule is CNC(=O)c1nc(C)c(C)c(N2CC[C@@H](NCc3cnn4c3CCC4)C2)n1. The molecule has 144 valence electrons. The molecule has 2 aliphatic heterocycles. The number of amides is 1. The number of anilines is 1. The first-order chi connectivity index (χ1) is 13.1. The Hall–Kier alpha value is -2.48. The molecule has 8 heteroatoms. The van der Waals surface area contributed by atoms with Gasteiger partial charge >= 0.3 is 0 Å². The average molecular weight is 369 g/mol. The summed E-state index contributed by atoms with van der Waals surface area (Å²) in [7, 11) is 1.60. The van der Waals surface area contributed by atoms with Crippen LogP contribution in [0.1, 0.15) is 46.0 Å². The number of hydrogen-bond donors (Lipinski definition) is 2. The van der Waals surface area contributed by atoms with Gasteiger partial charge in [-0.3, -0.25) is 9.48 Å². The summed E-state index contributed by atoms with van der Waals surface area (Å²) < 4.78 is 2.13. The molecule has 2 aromatic heterocycles. The maximum atomic E-state index is 12.0. The van der Waals surface area contributed by atoms with Crippen LogP contribution in [0.3, 0.4) is 0 Å². The number of aromatic nitrogens is 4. The molecule has 1 fully saturated rings. The highest BCUT2D eigenvalue weighted by molar-refractivity contribution is 5.90. The third kappa shape index (κ3) is 3.41. The number of carbonyl (C=O) groups is 1. The van der Waals surface area contributed by atoms with Crippen molar-refractivity contribution in [2.45, 2.75) is 52.2 Å². The first-order valence-electron chi connectivity index (χ1n) is 9.66. The number of carbonyl (C=O) groups excluding carboxylic acids is 1. The zero-order valence-corrected chi connectivity index (χ0v) is 16.2. The van der Waals surface area contributed by atoms with Gasteiger partial charge in [0.25, 0.3) is 5.91 Å². The van der Waals surface area contributed by atoms with Gasteiger partial charge in [0.2, 0.25) is 5.82 Å². The van der Waals surface area contributed by atoms with E-state index in [1.54, 1.807) is 7.05 Å². The highest BCUT2D eigenvalue weighted by Gasteiger charge is 2.27. The maximum Gasteiger partial charge on any atom is 0.288 e. The lowest BCUT2D eigenvalue weighted by Crippen LogP contribution is -2.33. The van der Waals surface area contributed by atoms with E-state index in [0.717, 1.165) is 56.1 Å². The van der Waals surface area contributed by atoms with Crippen molar-refractivity contribution in [1.29, 1.82) is 0 Å². The van der Waals surface area contributed by atoms with Crippen LogP contribution in [0.15, 0.2) is 6.20 Å². The molecule has 8 nitrogen and oxygen atoms in total. The number of fused-ring (bicyclic) bond motifs is 1. The van der Waals surface area contributed by atoms with Crippen LogP contribution in [0.2, 0.25) is 0 Å². The van der Waals surface area contributed by atoms with Crippen LogP contribution in [0, 0.1) is 13.8 Å². The highest BCUT2D eigenvalue weighted by Crippen LogP contribution is 2.24. The Morgan fingerprint density at radius 3 is 2.96 bits per heavy atom. The summed E-state index contributed by atoms with van der Waals surface area (Å²) in [5, 5.41) is 10.8. The molecule has 27 heavy (non-hydrogen) atoms. The summed E-state index contributed by atoms with van der Waals surface area (Å²) in [5.74, 6) is 0.863. The van der Waals surface area contributed by atoms with Crippen molar-refractivity contribution in [3.63, 3.8) is 0 Å². The minimum absolute atomic E-state index is 0.238. The average Bonchev–Trinajstić information content (AvgIpc) is 3.38. The van der Waals surface area contributed by atoms with Crippen molar-refractivity contribution < 1.29 is 4.79 Å². The molecular weight excluding hydrogens is 342 g/mol. The van der Waals surface area contributed by atoms with Gasteiger partial charge in [-0.2, -0.15) is 5.10 Å². The minimum Gasteiger partial charge on any atom is -0.355 e. The van der Waals surface area contributed by atoms with Crippen LogP contribution < -0.4 is 15.5 Å². The first kappa shape index (κ1) is 17.9. The van der Waals surface area contributed by atoms with Gasteiger partial charge in [-0.15, -0.1) is 0 Å². The Bertz CT molecular complexity index is 860. The summed E-state index contributed by atoms with van der Waals surface area (Å²) in [6.07, 6.45) is 5.39. The third-order valence-electron chi connectivity index (χ3n) is 5.68. The van der Waals surface area contributed by atoms with E-state index in [9.17, 15) is 4.79 Å². The molecule has 1 amide bonds. The zero-order valence-electron chi connectivity index (χ0n) is 16.2. The van der Waals surface area contributed by atoms with Crippen molar-refractivity contribution in [1.82, 2.24) is 30.4 Å². The lowest BCUT2D eigenvalue weighted by molar-refractivity contribution is 0.0952. The normalized spacial score (nSPS) is 18.8. The summed E-state index contributed by atoms with van der Waals surface area (Å²) in [6.45, 7) is 7.67. The van der Waals surface area contributed by atoms with Crippen molar-refractivity contribution in [2.75, 3.05) is 25.0 Å². The number of nitrogens with zero attached hydrogens (tertiary/aromatic N) is 5. The molecule has 0 bridgehead atoms. The number of nitrogens with one attached hydrogen (secondary N) is 2. The molecule has 1 atom stereocenters. The first-order valence-corrected chi connectivity index (χ1v) is 9.66. The van der Waals surface area contributed by atoms with Crippen LogP contribution in [0.4, 0.5) is 5.82 Å². The maximum absolute atomic E-state index is 12.0. The van der Waals surface area contributed by atoms with E-state index >= 15 is 0 Å². The molecule has 0 spiro atoms. The van der Waals surface area contributed by atoms with Gasteiger partial charge in [-0.1, -0.05) is 0 Å². The molecule has 0 unspecified atom stereocenters. The fraction of sp³-hybridized carbons (Fsp3) is 0.579. The van der Waals surface area contributed by atoms with Crippen molar-refractivity contribution in [2.24, 2.45) is 0 Å². The second-order valence-corrected chi connectivity index (χ2v) is 7.42. The van der Waals surface area contributed by atoms with E-state index < -0.39 is 0 Å². The molecule has 2 aromatic rings. The van der Waals surface area contributed by atoms with Crippen molar-refractivity contribution in [3.05, 3.63) is 34.5 Å². The Labute approximate surface area is 159 Å². The Balaban J connectivity index is 1.43. The van der Waals surface area contributed by atoms with Gasteiger partial charge in [0, 0.05) is 61.8 Å². The van der Waals surface area contributed by atoms with Crippen molar-refractivity contribution >= 4 is 11.7 Å². The lowest BCUT2D eigenvalue weighted by Gasteiger charge is -2.21. The van der Waals surface area contributed by atoms with Crippen LogP contribution in [-0.4, -0.2) is 51.8 Å². The Morgan fingerprint density at radius 2 is 2.15 bits per heavy atom. The molecule has 2 N–H and O–H groups in total. The van der Waals surface area contributed by atoms with E-state index in [4.69, 9.17) is 0 Å². The third-order valence-corrected chi connectivity index (χ3v) is 5.68. The topological polar surface area (TPSA) is 88.0 Å². The fourth-order valence-corrected chi connectivity index (χ4v) is 3.98. The Kier molecular flexibility index (Phi) is 4.82. The minimum atomic E-state index is -0.247. The monoisotopic (exact) mass is 369 g/mol. The van der Waals surface area contributed by atoms with Crippen molar-refractivity contribution in [3.8, 4) is 0 Å². The number of aryl methyl sites for hydroxylation is 2. The Morgan fingerprint density at radius 1 is 1.30 bits per heavy atom. The molecule has 1 saturated heterocycles. The van der Waals surface area contributed by atoms with Crippen LogP contribution in [-0.2, 0) is 19.5 Å². The van der Waals surface area contributed by atoms with E-state index in [2.05, 4.69) is 35.3 Å². The van der Waals surface area contributed by atoms with Gasteiger partial charge in [0.1, 0.15) is 5.82 Å². The van der Waals surface area contributed by atoms with Gasteiger partial charge in [0.15, 0.2) is 0 Å². The van der Waals surface area contributed by atoms with Crippen LogP contribution in [0.5, 0.6) is 0 Å². The van der Waals surface area contributed by atoms with E-state index in [0.29, 0.717) is 6.04 Å². The van der Waals surface area contributed by atoms with Gasteiger partial charge in [-0.25, -0.2) is 9.97 Å². The molecule has 4 rings (SSSR count). The largest absolute Gasteiger partial charge is 0.355 e. The van der Waals surface area contributed by atoms with Crippen LogP contribution in [0.25, 0.3) is 0 Å². The predicted octanol–water partition coefficient (Wildman–Crippen LogP) is 0.964. The van der Waals surface area contributed by atoms with E-state index in [1.165, 1.54) is 17.7 Å². The smallest absolute Gasteiger partial charge is 0.288 e. The molecule has 0 saturated carbocycles. The van der Waals surface area contributed by atoms with Gasteiger partial charge in [0.05, 0.1) is 6.20 Å². The second kappa shape index (κ2) is 7.26. The molecular formula is C19H27N7O. The molecule has 0 radical (unpaired) electrons. The summed E-state index contributed by atoms with van der Waals surface area (Å²) >= 11 is 0. The zero-order chi connectivity index (χ0) is 19.0. The number of hydrogen-bond acceptors (Lipinski definition) is 6. The number of rotatable bonds is 5. The molecule has 2 aliphatic rings. The fourth-order valence-electron chi connectivity index (χ4n) is 3.98. The highest BCUT2D eigenvalue weighted by atomic mass is 16.2. The molecule has 4 heterocycles. The van der Waals surface area contributed by atoms with E-state index in [-0.39, 0.29) is 11.7 Å². The van der Waals surface area contributed by atoms with Gasteiger partial charge < -0.3 is 15.5 Å². The summed E-state index contributed by atoms with van der Waals surface area (Å²) in [6, 6.07) is 0.403. The van der Waals surface area contributed by atoms with E-state index in [1.807, 2.05) is 20.0 Å². The summed E-state index contributed by atoms with van der Waals surface area (Å²) in [5.41, 5.74) is 4.60. The van der Waals surface area contributed by atoms with Crippen LogP contribution >= 0.6 is 0 Å². The summed E-state index contributed by atoms with van der Waals surface area (Å²) in [4.78, 5) is 23.1. The van der Waals surface area contributed by atoms with Gasteiger partial charge in [-0.05, 0) is 33.1 Å². The molecule has 0 aliphatic carbocycles. The second-order valence-electron chi connectivity index (χ2n) is 7.42.